The van der Waals surface area contributed by atoms with Crippen molar-refractivity contribution in [3.63, 3.8) is 0 Å². The molecule has 1 aromatic rings. The minimum Gasteiger partial charge on any atom is -0.493 e. The monoisotopic (exact) mass is 276 g/mol. The van der Waals surface area contributed by atoms with Gasteiger partial charge in [0.2, 0.25) is 0 Å². The Hall–Kier alpha value is -1.26. The van der Waals surface area contributed by atoms with Crippen molar-refractivity contribution in [2.75, 3.05) is 26.7 Å². The predicted octanol–water partition coefficient (Wildman–Crippen LogP) is 1.82. The fourth-order valence-corrected chi connectivity index (χ4v) is 3.07. The summed E-state index contributed by atoms with van der Waals surface area (Å²) < 4.78 is 11.8. The lowest BCUT2D eigenvalue weighted by atomic mass is 9.94. The number of piperidine rings is 1. The van der Waals surface area contributed by atoms with Crippen molar-refractivity contribution < 1.29 is 9.47 Å². The molecule has 4 heteroatoms. The summed E-state index contributed by atoms with van der Waals surface area (Å²) in [5.41, 5.74) is 7.28. The summed E-state index contributed by atoms with van der Waals surface area (Å²) in [4.78, 5) is 0. The van der Waals surface area contributed by atoms with Crippen LogP contribution in [0.15, 0.2) is 18.2 Å². The molecule has 0 aromatic heterocycles. The third-order valence-electron chi connectivity index (χ3n) is 4.54. The average Bonchev–Trinajstić information content (AvgIpc) is 3.29. The van der Waals surface area contributed by atoms with Crippen molar-refractivity contribution in [1.29, 1.82) is 0 Å². The number of ether oxygens (including phenoxy) is 2. The Morgan fingerprint density at radius 1 is 1.40 bits per heavy atom. The smallest absolute Gasteiger partial charge is 0.164 e. The Balaban J connectivity index is 1.85. The summed E-state index contributed by atoms with van der Waals surface area (Å²) in [6.07, 6.45) is 4.80. The van der Waals surface area contributed by atoms with Gasteiger partial charge in [0, 0.05) is 24.1 Å². The number of hydrogen-bond donors (Lipinski definition) is 2. The molecule has 1 unspecified atom stereocenters. The van der Waals surface area contributed by atoms with Gasteiger partial charge in [-0.3, -0.25) is 0 Å². The van der Waals surface area contributed by atoms with E-state index in [1.807, 2.05) is 6.07 Å². The molecular formula is C16H24N2O2. The minimum absolute atomic E-state index is 0.121. The van der Waals surface area contributed by atoms with E-state index in [2.05, 4.69) is 17.4 Å². The van der Waals surface area contributed by atoms with Crippen molar-refractivity contribution in [3.05, 3.63) is 23.8 Å². The number of nitrogens with one attached hydrogen (secondary N) is 1. The van der Waals surface area contributed by atoms with Gasteiger partial charge in [-0.2, -0.15) is 0 Å². The van der Waals surface area contributed by atoms with E-state index in [1.165, 1.54) is 12.0 Å². The fraction of sp³-hybridized carbons (Fsp3) is 0.625. The Labute approximate surface area is 120 Å². The van der Waals surface area contributed by atoms with Gasteiger partial charge in [-0.05, 0) is 38.3 Å². The highest BCUT2D eigenvalue weighted by atomic mass is 16.5. The average molecular weight is 276 g/mol. The first-order chi connectivity index (χ1) is 9.79. The van der Waals surface area contributed by atoms with E-state index < -0.39 is 0 Å². The molecule has 2 aliphatic rings. The Kier molecular flexibility index (Phi) is 3.85. The summed E-state index contributed by atoms with van der Waals surface area (Å²) in [7, 11) is 1.72. The van der Waals surface area contributed by atoms with Gasteiger partial charge in [0.25, 0.3) is 0 Å². The molecule has 110 valence electrons. The number of para-hydroxylation sites is 1. The molecule has 2 fully saturated rings. The number of nitrogens with two attached hydrogens (primary N) is 1. The Morgan fingerprint density at radius 2 is 2.25 bits per heavy atom. The van der Waals surface area contributed by atoms with Crippen molar-refractivity contribution in [2.45, 2.75) is 37.2 Å². The molecule has 3 rings (SSSR count). The van der Waals surface area contributed by atoms with Crippen LogP contribution in [0.4, 0.5) is 0 Å². The summed E-state index contributed by atoms with van der Waals surface area (Å²) in [5.74, 6) is 1.74. The van der Waals surface area contributed by atoms with E-state index in [9.17, 15) is 0 Å². The molecule has 3 N–H and O–H groups in total. The largest absolute Gasteiger partial charge is 0.493 e. The lowest BCUT2D eigenvalue weighted by molar-refractivity contribution is 0.160. The van der Waals surface area contributed by atoms with E-state index >= 15 is 0 Å². The highest BCUT2D eigenvalue weighted by Gasteiger charge is 2.45. The third-order valence-corrected chi connectivity index (χ3v) is 4.54. The molecule has 1 heterocycles. The van der Waals surface area contributed by atoms with E-state index in [1.54, 1.807) is 7.11 Å². The van der Waals surface area contributed by atoms with Gasteiger partial charge >= 0.3 is 0 Å². The van der Waals surface area contributed by atoms with Gasteiger partial charge in [0.1, 0.15) is 6.10 Å². The summed E-state index contributed by atoms with van der Waals surface area (Å²) in [6, 6.07) is 6.19. The SMILES string of the molecule is COc1c(OC2CCCNC2)cccc1C1(CN)CC1. The van der Waals surface area contributed by atoms with Crippen LogP contribution >= 0.6 is 0 Å². The maximum atomic E-state index is 6.16. The van der Waals surface area contributed by atoms with E-state index in [0.29, 0.717) is 6.54 Å². The second-order valence-corrected chi connectivity index (χ2v) is 5.91. The first-order valence-corrected chi connectivity index (χ1v) is 7.54. The zero-order valence-corrected chi connectivity index (χ0v) is 12.2. The number of rotatable bonds is 5. The minimum atomic E-state index is 0.121. The van der Waals surface area contributed by atoms with Crippen LogP contribution in [0.5, 0.6) is 11.5 Å². The Bertz CT molecular complexity index is 466. The number of methoxy groups -OCH3 is 1. The molecule has 1 aromatic carbocycles. The quantitative estimate of drug-likeness (QED) is 0.861. The molecule has 0 radical (unpaired) electrons. The first-order valence-electron chi connectivity index (χ1n) is 7.54. The topological polar surface area (TPSA) is 56.5 Å². The second kappa shape index (κ2) is 5.62. The van der Waals surface area contributed by atoms with E-state index in [4.69, 9.17) is 15.2 Å². The van der Waals surface area contributed by atoms with Crippen LogP contribution in [0.3, 0.4) is 0 Å². The predicted molar refractivity (Wildman–Crippen MR) is 79.5 cm³/mol. The van der Waals surface area contributed by atoms with Gasteiger partial charge in [0.15, 0.2) is 11.5 Å². The van der Waals surface area contributed by atoms with Crippen LogP contribution in [-0.4, -0.2) is 32.8 Å². The number of benzene rings is 1. The van der Waals surface area contributed by atoms with Gasteiger partial charge in [-0.1, -0.05) is 12.1 Å². The zero-order valence-electron chi connectivity index (χ0n) is 12.2. The summed E-state index contributed by atoms with van der Waals surface area (Å²) in [6.45, 7) is 2.68. The van der Waals surface area contributed by atoms with Crippen LogP contribution in [0.2, 0.25) is 0 Å². The molecule has 0 bridgehead atoms. The van der Waals surface area contributed by atoms with Crippen LogP contribution < -0.4 is 20.5 Å². The van der Waals surface area contributed by atoms with Gasteiger partial charge in [-0.25, -0.2) is 0 Å². The Morgan fingerprint density at radius 3 is 2.85 bits per heavy atom. The highest BCUT2D eigenvalue weighted by molar-refractivity contribution is 5.52. The van der Waals surface area contributed by atoms with Gasteiger partial charge in [-0.15, -0.1) is 0 Å². The zero-order chi connectivity index (χ0) is 14.0. The lowest BCUT2D eigenvalue weighted by Crippen LogP contribution is -2.37. The van der Waals surface area contributed by atoms with Crippen molar-refractivity contribution in [1.82, 2.24) is 5.32 Å². The maximum absolute atomic E-state index is 6.16. The lowest BCUT2D eigenvalue weighted by Gasteiger charge is -2.26. The normalized spacial score (nSPS) is 24.2. The van der Waals surface area contributed by atoms with Crippen molar-refractivity contribution >= 4 is 0 Å². The van der Waals surface area contributed by atoms with E-state index in [-0.39, 0.29) is 11.5 Å². The molecule has 1 aliphatic carbocycles. The summed E-state index contributed by atoms with van der Waals surface area (Å²) in [5, 5.41) is 3.38. The van der Waals surface area contributed by atoms with Crippen LogP contribution in [0.25, 0.3) is 0 Å². The molecule has 1 atom stereocenters. The molecule has 0 spiro atoms. The van der Waals surface area contributed by atoms with Crippen LogP contribution in [0.1, 0.15) is 31.2 Å². The third kappa shape index (κ3) is 2.50. The molecule has 20 heavy (non-hydrogen) atoms. The van der Waals surface area contributed by atoms with Crippen LogP contribution in [-0.2, 0) is 5.41 Å². The molecule has 1 aliphatic heterocycles. The maximum Gasteiger partial charge on any atom is 0.164 e. The van der Waals surface area contributed by atoms with Crippen molar-refractivity contribution in [3.8, 4) is 11.5 Å². The number of hydrogen-bond acceptors (Lipinski definition) is 4. The molecule has 1 saturated carbocycles. The standard InChI is InChI=1S/C16H24N2O2/c1-19-15-13(16(11-17)7-8-16)5-2-6-14(15)20-12-4-3-9-18-10-12/h2,5-6,12,18H,3-4,7-11,17H2,1H3. The first kappa shape index (κ1) is 13.7. The molecule has 1 saturated heterocycles. The molecule has 0 amide bonds. The van der Waals surface area contributed by atoms with Gasteiger partial charge < -0.3 is 20.5 Å². The molecule has 4 nitrogen and oxygen atoms in total. The summed E-state index contributed by atoms with van der Waals surface area (Å²) >= 11 is 0. The van der Waals surface area contributed by atoms with Crippen LogP contribution in [0, 0.1) is 0 Å². The van der Waals surface area contributed by atoms with Crippen molar-refractivity contribution in [2.24, 2.45) is 5.73 Å². The molecular weight excluding hydrogens is 252 g/mol. The highest BCUT2D eigenvalue weighted by Crippen LogP contribution is 2.52. The fourth-order valence-electron chi connectivity index (χ4n) is 3.07. The second-order valence-electron chi connectivity index (χ2n) is 5.91. The van der Waals surface area contributed by atoms with Gasteiger partial charge in [0.05, 0.1) is 7.11 Å². The van der Waals surface area contributed by atoms with E-state index in [0.717, 1.165) is 43.9 Å².